The van der Waals surface area contributed by atoms with Gasteiger partial charge in [0.15, 0.2) is 0 Å². The molecule has 1 aromatic heterocycles. The number of anilines is 2. The van der Waals surface area contributed by atoms with Crippen LogP contribution in [0.25, 0.3) is 17.2 Å². The van der Waals surface area contributed by atoms with Gasteiger partial charge in [-0.05, 0) is 41.5 Å². The molecule has 196 valence electrons. The number of rotatable bonds is 8. The molecule has 1 heterocycles. The molecule has 0 saturated carbocycles. The smallest absolute Gasteiger partial charge is 0.269 e. The average molecular weight is 551 g/mol. The minimum absolute atomic E-state index is 0.249. The van der Waals surface area contributed by atoms with Gasteiger partial charge in [-0.3, -0.25) is 4.79 Å². The number of nitrogens with two attached hydrogens (primary N) is 1. The lowest BCUT2D eigenvalue weighted by Crippen LogP contribution is -2.25. The summed E-state index contributed by atoms with van der Waals surface area (Å²) in [5.74, 6) is -0.452. The number of amides is 1. The highest BCUT2D eigenvalue weighted by atomic mass is 32.2. The zero-order valence-electron chi connectivity index (χ0n) is 20.6. The summed E-state index contributed by atoms with van der Waals surface area (Å²) in [4.78, 5) is 11.7. The number of nitrogen functional groups attached to an aromatic ring is 1. The number of hydrogen-bond donors (Lipinski definition) is 2. The first-order valence-electron chi connectivity index (χ1n) is 11.4. The number of carbonyl (C=O) groups excluding carboxylic acids is 1. The summed E-state index contributed by atoms with van der Waals surface area (Å²) >= 11 is 0. The van der Waals surface area contributed by atoms with Crippen LogP contribution in [0.4, 0.5) is 11.4 Å². The normalized spacial score (nSPS) is 12.2. The van der Waals surface area contributed by atoms with Crippen LogP contribution in [0.3, 0.4) is 0 Å². The van der Waals surface area contributed by atoms with Gasteiger partial charge in [0.05, 0.1) is 11.4 Å². The molecule has 0 bridgehead atoms. The van der Waals surface area contributed by atoms with E-state index >= 15 is 0 Å². The third kappa shape index (κ3) is 5.40. The van der Waals surface area contributed by atoms with Crippen molar-refractivity contribution < 1.29 is 21.6 Å². The number of nitrogens with one attached hydrogen (secondary N) is 1. The van der Waals surface area contributed by atoms with E-state index in [9.17, 15) is 21.6 Å². The lowest BCUT2D eigenvalue weighted by molar-refractivity contribution is -0.111. The number of nitrogens with zero attached hydrogens (tertiary/aromatic N) is 2. The Morgan fingerprint density at radius 2 is 1.58 bits per heavy atom. The van der Waals surface area contributed by atoms with Crippen molar-refractivity contribution in [1.82, 2.24) is 8.28 Å². The Morgan fingerprint density at radius 1 is 0.895 bits per heavy atom. The van der Waals surface area contributed by atoms with E-state index in [1.165, 1.54) is 56.8 Å². The van der Waals surface area contributed by atoms with Crippen LogP contribution in [-0.4, -0.2) is 45.1 Å². The van der Waals surface area contributed by atoms with Crippen molar-refractivity contribution in [3.63, 3.8) is 0 Å². The summed E-state index contributed by atoms with van der Waals surface area (Å²) < 4.78 is 56.1. The predicted molar refractivity (Wildman–Crippen MR) is 148 cm³/mol. The van der Waals surface area contributed by atoms with E-state index in [-0.39, 0.29) is 15.4 Å². The SMILES string of the molecule is CN(C)S(=O)(=O)c1cccc(-c2ccccc2)c1S(=O)(=O)n1ccc(/C=C/C(=O)Nc2ccccc2N)c1. The topological polar surface area (TPSA) is 132 Å². The number of carbonyl (C=O) groups is 1. The quantitative estimate of drug-likeness (QED) is 0.253. The first kappa shape index (κ1) is 26.9. The minimum atomic E-state index is -4.38. The molecule has 1 amide bonds. The van der Waals surface area contributed by atoms with Crippen LogP contribution < -0.4 is 11.1 Å². The van der Waals surface area contributed by atoms with Crippen molar-refractivity contribution >= 4 is 43.4 Å². The molecule has 3 N–H and O–H groups in total. The lowest BCUT2D eigenvalue weighted by atomic mass is 10.1. The highest BCUT2D eigenvalue weighted by Crippen LogP contribution is 2.35. The standard InChI is InChI=1S/C27H26N4O5S2/c1-30(2)37(33,34)25-14-8-11-22(21-9-4-3-5-10-21)27(25)38(35,36)31-18-17-20(19-31)15-16-26(32)29-24-13-7-6-12-23(24)28/h3-19H,28H2,1-2H3,(H,29,32)/b16-15+. The zero-order valence-corrected chi connectivity index (χ0v) is 22.3. The molecular formula is C27H26N4O5S2. The Kier molecular flexibility index (Phi) is 7.53. The third-order valence-electron chi connectivity index (χ3n) is 5.69. The summed E-state index contributed by atoms with van der Waals surface area (Å²) in [6.07, 6.45) is 5.30. The molecule has 4 rings (SSSR count). The maximum Gasteiger partial charge on any atom is 0.269 e. The number of benzene rings is 3. The van der Waals surface area contributed by atoms with Crippen molar-refractivity contribution in [1.29, 1.82) is 0 Å². The van der Waals surface area contributed by atoms with Gasteiger partial charge in [0.25, 0.3) is 10.0 Å². The van der Waals surface area contributed by atoms with Crippen molar-refractivity contribution in [3.05, 3.63) is 103 Å². The summed E-state index contributed by atoms with van der Waals surface area (Å²) in [7, 11) is -5.81. The van der Waals surface area contributed by atoms with Gasteiger partial charge in [0.1, 0.15) is 9.79 Å². The highest BCUT2D eigenvalue weighted by Gasteiger charge is 2.32. The predicted octanol–water partition coefficient (Wildman–Crippen LogP) is 3.88. The molecule has 0 unspecified atom stereocenters. The summed E-state index contributed by atoms with van der Waals surface area (Å²) in [5.41, 5.74) is 7.92. The molecule has 0 radical (unpaired) electrons. The Morgan fingerprint density at radius 3 is 2.26 bits per heavy atom. The Balaban J connectivity index is 1.74. The van der Waals surface area contributed by atoms with Gasteiger partial charge in [-0.15, -0.1) is 0 Å². The van der Waals surface area contributed by atoms with Gasteiger partial charge in [-0.2, -0.15) is 0 Å². The van der Waals surface area contributed by atoms with Gasteiger partial charge in [-0.1, -0.05) is 54.6 Å². The fraction of sp³-hybridized carbons (Fsp3) is 0.0741. The van der Waals surface area contributed by atoms with Crippen molar-refractivity contribution in [2.75, 3.05) is 25.1 Å². The summed E-state index contributed by atoms with van der Waals surface area (Å²) in [6, 6.07) is 21.3. The minimum Gasteiger partial charge on any atom is -0.397 e. The van der Waals surface area contributed by atoms with E-state index in [4.69, 9.17) is 5.73 Å². The fourth-order valence-corrected chi connectivity index (χ4v) is 6.83. The maximum absolute atomic E-state index is 13.9. The van der Waals surface area contributed by atoms with Crippen molar-refractivity contribution in [2.24, 2.45) is 0 Å². The second-order valence-corrected chi connectivity index (χ2v) is 12.4. The van der Waals surface area contributed by atoms with Crippen LogP contribution in [0.1, 0.15) is 5.56 Å². The van der Waals surface area contributed by atoms with Crippen molar-refractivity contribution in [2.45, 2.75) is 9.79 Å². The largest absolute Gasteiger partial charge is 0.397 e. The average Bonchev–Trinajstić information content (AvgIpc) is 3.39. The summed E-state index contributed by atoms with van der Waals surface area (Å²) in [6.45, 7) is 0. The van der Waals surface area contributed by atoms with Crippen LogP contribution in [-0.2, 0) is 24.8 Å². The Hall–Kier alpha value is -4.19. The van der Waals surface area contributed by atoms with Gasteiger partial charge >= 0.3 is 0 Å². The van der Waals surface area contributed by atoms with Crippen LogP contribution in [0.2, 0.25) is 0 Å². The molecule has 0 spiro atoms. The van der Waals surface area contributed by atoms with Crippen LogP contribution in [0.15, 0.2) is 107 Å². The van der Waals surface area contributed by atoms with Gasteiger partial charge < -0.3 is 11.1 Å². The number of aromatic nitrogens is 1. The van der Waals surface area contributed by atoms with Crippen LogP contribution in [0, 0.1) is 0 Å². The van der Waals surface area contributed by atoms with Crippen LogP contribution in [0.5, 0.6) is 0 Å². The van der Waals surface area contributed by atoms with E-state index in [1.807, 2.05) is 0 Å². The molecule has 0 aliphatic rings. The zero-order chi connectivity index (χ0) is 27.5. The van der Waals surface area contributed by atoms with Gasteiger partial charge in [-0.25, -0.2) is 25.1 Å². The fourth-order valence-electron chi connectivity index (χ4n) is 3.73. The van der Waals surface area contributed by atoms with E-state index in [0.717, 1.165) is 8.28 Å². The molecule has 0 fully saturated rings. The first-order chi connectivity index (χ1) is 18.0. The van der Waals surface area contributed by atoms with Crippen LogP contribution >= 0.6 is 0 Å². The first-order valence-corrected chi connectivity index (χ1v) is 14.3. The Bertz CT molecular complexity index is 1730. The van der Waals surface area contributed by atoms with E-state index in [2.05, 4.69) is 5.32 Å². The number of hydrogen-bond acceptors (Lipinski definition) is 6. The summed E-state index contributed by atoms with van der Waals surface area (Å²) in [5, 5.41) is 2.66. The van der Waals surface area contributed by atoms with E-state index in [1.54, 1.807) is 60.7 Å². The molecule has 0 aliphatic carbocycles. The molecule has 0 atom stereocenters. The molecule has 9 nitrogen and oxygen atoms in total. The third-order valence-corrected chi connectivity index (χ3v) is 9.42. The molecule has 0 aliphatic heterocycles. The maximum atomic E-state index is 13.9. The van der Waals surface area contributed by atoms with Gasteiger partial charge in [0.2, 0.25) is 15.9 Å². The second kappa shape index (κ2) is 10.7. The molecule has 3 aromatic carbocycles. The Labute approximate surface area is 221 Å². The lowest BCUT2D eigenvalue weighted by Gasteiger charge is -2.19. The van der Waals surface area contributed by atoms with E-state index < -0.39 is 26.0 Å². The number of sulfonamides is 1. The molecular weight excluding hydrogens is 524 g/mol. The van der Waals surface area contributed by atoms with Gasteiger partial charge in [0, 0.05) is 38.1 Å². The molecule has 0 saturated heterocycles. The molecule has 38 heavy (non-hydrogen) atoms. The number of para-hydroxylation sites is 2. The monoisotopic (exact) mass is 550 g/mol. The van der Waals surface area contributed by atoms with Crippen molar-refractivity contribution in [3.8, 4) is 11.1 Å². The molecule has 4 aromatic rings. The molecule has 11 heteroatoms. The second-order valence-electron chi connectivity index (χ2n) is 8.48. The highest BCUT2D eigenvalue weighted by molar-refractivity contribution is 7.92. The van der Waals surface area contributed by atoms with E-state index in [0.29, 0.717) is 22.5 Å².